The number of aliphatic hydroxyl groups is 1. The molecule has 0 radical (unpaired) electrons. The molecule has 2 N–H and O–H groups in total. The molecule has 7 heteroatoms. The molecule has 1 aliphatic heterocycles. The number of aliphatic carboxylic acids is 1. The number of carboxylic acid groups (broad SMARTS) is 1. The van der Waals surface area contributed by atoms with E-state index in [1.165, 1.54) is 0 Å². The number of carbonyl (C=O) groups is 3. The molecule has 0 aromatic carbocycles. The molecule has 4 aliphatic carbocycles. The Bertz CT molecular complexity index is 911. The van der Waals surface area contributed by atoms with Gasteiger partial charge in [0.2, 0.25) is 0 Å². The third-order valence-electron chi connectivity index (χ3n) is 10.8. The van der Waals surface area contributed by atoms with Crippen LogP contribution >= 0.6 is 0 Å². The van der Waals surface area contributed by atoms with Crippen molar-refractivity contribution in [3.8, 4) is 0 Å². The lowest BCUT2D eigenvalue weighted by molar-refractivity contribution is -0.210. The first-order chi connectivity index (χ1) is 16.1. The summed E-state index contributed by atoms with van der Waals surface area (Å²) in [5.74, 6) is -0.284. The topological polar surface area (TPSA) is 110 Å². The Morgan fingerprint density at radius 1 is 1.06 bits per heavy atom. The summed E-state index contributed by atoms with van der Waals surface area (Å²) in [5, 5.41) is 21.1. The smallest absolute Gasteiger partial charge is 0.331 e. The van der Waals surface area contributed by atoms with Crippen LogP contribution in [0.15, 0.2) is 11.6 Å². The Hall–Kier alpha value is -1.89. The quantitative estimate of drug-likeness (QED) is 0.579. The molecule has 4 fully saturated rings. The van der Waals surface area contributed by atoms with Gasteiger partial charge in [0.25, 0.3) is 0 Å². The minimum absolute atomic E-state index is 0.0711. The molecule has 7 nitrogen and oxygen atoms in total. The third kappa shape index (κ3) is 3.61. The third-order valence-corrected chi connectivity index (χ3v) is 10.8. The Morgan fingerprint density at radius 2 is 1.85 bits per heavy atom. The second-order valence-corrected chi connectivity index (χ2v) is 12.1. The molecular formula is C27H38O7. The van der Waals surface area contributed by atoms with Crippen molar-refractivity contribution in [3.63, 3.8) is 0 Å². The van der Waals surface area contributed by atoms with E-state index in [0.717, 1.165) is 63.4 Å². The molecule has 8 atom stereocenters. The van der Waals surface area contributed by atoms with Crippen LogP contribution in [-0.2, 0) is 23.9 Å². The van der Waals surface area contributed by atoms with E-state index in [4.69, 9.17) is 14.6 Å². The highest BCUT2D eigenvalue weighted by atomic mass is 16.5. The van der Waals surface area contributed by atoms with Crippen LogP contribution < -0.4 is 0 Å². The lowest BCUT2D eigenvalue weighted by Crippen LogP contribution is -2.62. The number of ether oxygens (including phenoxy) is 2. The molecule has 188 valence electrons. The molecule has 4 saturated carbocycles. The molecule has 0 saturated heterocycles. The van der Waals surface area contributed by atoms with Gasteiger partial charge in [0.15, 0.2) is 0 Å². The number of fused-ring (bicyclic) bond motifs is 5. The highest BCUT2D eigenvalue weighted by Gasteiger charge is 2.67. The van der Waals surface area contributed by atoms with E-state index >= 15 is 0 Å². The maximum Gasteiger partial charge on any atom is 0.331 e. The summed E-state index contributed by atoms with van der Waals surface area (Å²) in [6.07, 6.45) is 9.62. The predicted octanol–water partition coefficient (Wildman–Crippen LogP) is 4.02. The molecular weight excluding hydrogens is 436 g/mol. The van der Waals surface area contributed by atoms with E-state index in [-0.39, 0.29) is 47.6 Å². The number of rotatable bonds is 5. The zero-order chi connectivity index (χ0) is 24.3. The summed E-state index contributed by atoms with van der Waals surface area (Å²) in [6.45, 7) is 5.00. The molecule has 1 unspecified atom stereocenters. The summed E-state index contributed by atoms with van der Waals surface area (Å²) >= 11 is 0. The van der Waals surface area contributed by atoms with E-state index in [1.54, 1.807) is 6.08 Å². The van der Waals surface area contributed by atoms with Gasteiger partial charge in [0, 0.05) is 11.5 Å². The van der Waals surface area contributed by atoms with Crippen molar-refractivity contribution in [2.45, 2.75) is 96.2 Å². The molecule has 0 aromatic rings. The molecule has 0 spiro atoms. The van der Waals surface area contributed by atoms with E-state index < -0.39 is 17.5 Å². The average molecular weight is 475 g/mol. The van der Waals surface area contributed by atoms with Crippen LogP contribution in [0.25, 0.3) is 0 Å². The van der Waals surface area contributed by atoms with Crippen LogP contribution in [0.1, 0.15) is 84.5 Å². The number of hydrogen-bond donors (Lipinski definition) is 2. The summed E-state index contributed by atoms with van der Waals surface area (Å²) in [5.41, 5.74) is 0.232. The summed E-state index contributed by atoms with van der Waals surface area (Å²) < 4.78 is 10.9. The van der Waals surface area contributed by atoms with Gasteiger partial charge < -0.3 is 19.7 Å². The van der Waals surface area contributed by atoms with Crippen molar-refractivity contribution in [3.05, 3.63) is 11.6 Å². The van der Waals surface area contributed by atoms with Crippen molar-refractivity contribution in [1.82, 2.24) is 0 Å². The van der Waals surface area contributed by atoms with Gasteiger partial charge in [-0.1, -0.05) is 13.8 Å². The van der Waals surface area contributed by atoms with Gasteiger partial charge in [-0.05, 0) is 92.4 Å². The van der Waals surface area contributed by atoms with Gasteiger partial charge in [-0.3, -0.25) is 9.59 Å². The van der Waals surface area contributed by atoms with Gasteiger partial charge in [-0.2, -0.15) is 0 Å². The number of carboxylic acids is 1. The van der Waals surface area contributed by atoms with E-state index in [2.05, 4.69) is 13.8 Å². The number of hydrogen-bond acceptors (Lipinski definition) is 6. The van der Waals surface area contributed by atoms with Gasteiger partial charge >= 0.3 is 17.9 Å². The van der Waals surface area contributed by atoms with Crippen LogP contribution in [0, 0.1) is 34.5 Å². The predicted molar refractivity (Wildman–Crippen MR) is 122 cm³/mol. The number of carbonyl (C=O) groups excluding carboxylic acids is 2. The molecule has 0 bridgehead atoms. The van der Waals surface area contributed by atoms with Crippen LogP contribution in [-0.4, -0.2) is 46.4 Å². The first kappa shape index (κ1) is 23.8. The zero-order valence-corrected chi connectivity index (χ0v) is 20.4. The molecule has 34 heavy (non-hydrogen) atoms. The highest BCUT2D eigenvalue weighted by molar-refractivity contribution is 5.85. The Kier molecular flexibility index (Phi) is 5.85. The standard InChI is InChI=1S/C27H38O7/c1-25-10-7-18(34-23(30)6-5-22(28)29)14-17(25)3-4-21-20(25)8-11-26(2)19(9-12-27(21,26)32)16-13-24(31)33-15-16/h13,17-21,32H,3-12,14-15H2,1-2H3,(H,28,29)/t17-,18+,19-,20+,21-,25+,26-,27?/m1/s1. The normalized spacial score (nSPS) is 45.4. The minimum Gasteiger partial charge on any atom is -0.481 e. The average Bonchev–Trinajstić information content (AvgIpc) is 3.32. The van der Waals surface area contributed by atoms with E-state index in [1.807, 2.05) is 0 Å². The molecule has 5 aliphatic rings. The second-order valence-electron chi connectivity index (χ2n) is 12.1. The lowest BCUT2D eigenvalue weighted by atomic mass is 9.43. The van der Waals surface area contributed by atoms with Crippen LogP contribution in [0.3, 0.4) is 0 Å². The Labute approximate surface area is 201 Å². The van der Waals surface area contributed by atoms with Crippen molar-refractivity contribution >= 4 is 17.9 Å². The fourth-order valence-electron chi connectivity index (χ4n) is 8.93. The number of cyclic esters (lactones) is 1. The molecule has 0 amide bonds. The van der Waals surface area contributed by atoms with Crippen molar-refractivity contribution in [2.24, 2.45) is 34.5 Å². The molecule has 1 heterocycles. The van der Waals surface area contributed by atoms with Gasteiger partial charge in [0.1, 0.15) is 12.7 Å². The minimum atomic E-state index is -0.980. The fourth-order valence-corrected chi connectivity index (χ4v) is 8.93. The molecule has 0 aromatic heterocycles. The highest BCUT2D eigenvalue weighted by Crippen LogP contribution is 2.70. The largest absolute Gasteiger partial charge is 0.481 e. The maximum absolute atomic E-state index is 12.3. The number of esters is 2. The summed E-state index contributed by atoms with van der Waals surface area (Å²) in [6, 6.07) is 0. The monoisotopic (exact) mass is 474 g/mol. The fraction of sp³-hybridized carbons (Fsp3) is 0.815. The summed E-state index contributed by atoms with van der Waals surface area (Å²) in [7, 11) is 0. The van der Waals surface area contributed by atoms with Crippen molar-refractivity contribution in [2.75, 3.05) is 6.61 Å². The van der Waals surface area contributed by atoms with Gasteiger partial charge in [-0.15, -0.1) is 0 Å². The first-order valence-electron chi connectivity index (χ1n) is 13.1. The second kappa shape index (κ2) is 8.35. The van der Waals surface area contributed by atoms with Gasteiger partial charge in [0.05, 0.1) is 18.4 Å². The summed E-state index contributed by atoms with van der Waals surface area (Å²) in [4.78, 5) is 34.6. The Morgan fingerprint density at radius 3 is 2.56 bits per heavy atom. The van der Waals surface area contributed by atoms with Gasteiger partial charge in [-0.25, -0.2) is 4.79 Å². The first-order valence-corrected chi connectivity index (χ1v) is 13.1. The van der Waals surface area contributed by atoms with Crippen LogP contribution in [0.2, 0.25) is 0 Å². The van der Waals surface area contributed by atoms with Crippen LogP contribution in [0.4, 0.5) is 0 Å². The molecule has 5 rings (SSSR count). The van der Waals surface area contributed by atoms with E-state index in [9.17, 15) is 19.5 Å². The van der Waals surface area contributed by atoms with Crippen LogP contribution in [0.5, 0.6) is 0 Å². The maximum atomic E-state index is 12.3. The van der Waals surface area contributed by atoms with Crippen molar-refractivity contribution < 1.29 is 34.1 Å². The SMILES string of the molecule is C[C@]12CC[C@H](OC(=O)CCC(=O)O)C[C@H]1CC[C@@H]1[C@@H]2CC[C@]2(C)[C@@H](C3=CC(=O)OC3)CCC12O. The zero-order valence-electron chi connectivity index (χ0n) is 20.4. The van der Waals surface area contributed by atoms with E-state index in [0.29, 0.717) is 18.4 Å². The van der Waals surface area contributed by atoms with Crippen molar-refractivity contribution in [1.29, 1.82) is 0 Å². The lowest BCUT2D eigenvalue weighted by Gasteiger charge is -2.63. The Balaban J connectivity index is 1.29.